The average molecular weight is 463 g/mol. The number of halogens is 5. The van der Waals surface area contributed by atoms with Crippen LogP contribution in [0.4, 0.5) is 8.78 Å². The van der Waals surface area contributed by atoms with Crippen LogP contribution < -0.4 is 0 Å². The van der Waals surface area contributed by atoms with Crippen LogP contribution in [-0.4, -0.2) is 10.7 Å². The number of benzene rings is 1. The summed E-state index contributed by atoms with van der Waals surface area (Å²) in [6, 6.07) is 2.71. The van der Waals surface area contributed by atoms with Crippen LogP contribution in [0.1, 0.15) is 25.8 Å². The summed E-state index contributed by atoms with van der Waals surface area (Å²) < 4.78 is 28.3. The van der Waals surface area contributed by atoms with Crippen molar-refractivity contribution >= 4 is 47.8 Å². The highest BCUT2D eigenvalue weighted by Crippen LogP contribution is 2.37. The molecular weight excluding hydrogens is 446 g/mol. The zero-order valence-corrected chi connectivity index (χ0v) is 15.7. The van der Waals surface area contributed by atoms with Crippen molar-refractivity contribution in [2.45, 2.75) is 26.7 Å². The monoisotopic (exact) mass is 460 g/mol. The topological polar surface area (TPSA) is 0 Å². The lowest BCUT2D eigenvalue weighted by molar-refractivity contribution is 0.296. The Hall–Kier alpha value is 0.520. The molecule has 0 amide bonds. The summed E-state index contributed by atoms with van der Waals surface area (Å²) in [6.45, 7) is 4.24. The van der Waals surface area contributed by atoms with E-state index in [4.69, 9.17) is 0 Å². The fraction of sp³-hybridized carbons (Fsp3) is 0.571. The minimum atomic E-state index is -0.491. The molecule has 0 atom stereocenters. The molecule has 0 saturated heterocycles. The summed E-state index contributed by atoms with van der Waals surface area (Å²) in [6.07, 6.45) is 1.27. The molecule has 5 heteroatoms. The minimum Gasteiger partial charge on any atom is -0.207 e. The van der Waals surface area contributed by atoms with Gasteiger partial charge in [0.05, 0.1) is 4.47 Å². The molecule has 19 heavy (non-hydrogen) atoms. The van der Waals surface area contributed by atoms with Crippen LogP contribution in [0.5, 0.6) is 0 Å². The standard InChI is InChI=1S/C14H17Br3F2/c1-9(2)5-14(7-15,8-16)6-10-12(18)4-3-11(17)13(10)19/h3-4,9H,5-8H2,1-2H3. The van der Waals surface area contributed by atoms with Crippen molar-refractivity contribution in [2.24, 2.45) is 11.3 Å². The van der Waals surface area contributed by atoms with Crippen LogP contribution >= 0.6 is 47.8 Å². The highest BCUT2D eigenvalue weighted by Gasteiger charge is 2.31. The predicted molar refractivity (Wildman–Crippen MR) is 87.2 cm³/mol. The molecule has 1 rings (SSSR count). The summed E-state index contributed by atoms with van der Waals surface area (Å²) in [7, 11) is 0. The lowest BCUT2D eigenvalue weighted by Gasteiger charge is -2.32. The summed E-state index contributed by atoms with van der Waals surface area (Å²) >= 11 is 10.1. The van der Waals surface area contributed by atoms with Gasteiger partial charge < -0.3 is 0 Å². The van der Waals surface area contributed by atoms with Crippen LogP contribution in [0, 0.1) is 23.0 Å². The zero-order valence-electron chi connectivity index (χ0n) is 11.0. The first-order valence-corrected chi connectivity index (χ1v) is 9.13. The second-order valence-electron chi connectivity index (χ2n) is 5.36. The molecule has 0 spiro atoms. The maximum Gasteiger partial charge on any atom is 0.143 e. The van der Waals surface area contributed by atoms with Crippen molar-refractivity contribution in [3.63, 3.8) is 0 Å². The molecule has 1 aromatic rings. The van der Waals surface area contributed by atoms with E-state index in [2.05, 4.69) is 61.6 Å². The van der Waals surface area contributed by atoms with Gasteiger partial charge in [0, 0.05) is 16.2 Å². The molecule has 0 fully saturated rings. The van der Waals surface area contributed by atoms with Gasteiger partial charge in [-0.05, 0) is 52.2 Å². The lowest BCUT2D eigenvalue weighted by atomic mass is 9.78. The Kier molecular flexibility index (Phi) is 6.94. The van der Waals surface area contributed by atoms with Gasteiger partial charge in [0.15, 0.2) is 0 Å². The van der Waals surface area contributed by atoms with Crippen LogP contribution in [0.15, 0.2) is 16.6 Å². The zero-order chi connectivity index (χ0) is 14.6. The highest BCUT2D eigenvalue weighted by molar-refractivity contribution is 9.10. The normalized spacial score (nSPS) is 12.2. The van der Waals surface area contributed by atoms with Crippen molar-refractivity contribution < 1.29 is 8.78 Å². The molecule has 0 bridgehead atoms. The average Bonchev–Trinajstić information content (AvgIpc) is 2.37. The molecule has 0 nitrogen and oxygen atoms in total. The summed E-state index contributed by atoms with van der Waals surface area (Å²) in [4.78, 5) is 0. The number of alkyl halides is 2. The van der Waals surface area contributed by atoms with E-state index in [1.165, 1.54) is 12.1 Å². The molecule has 0 aromatic heterocycles. The fourth-order valence-corrected chi connectivity index (χ4v) is 4.44. The van der Waals surface area contributed by atoms with Gasteiger partial charge in [0.1, 0.15) is 11.6 Å². The molecule has 0 aliphatic rings. The van der Waals surface area contributed by atoms with Crippen molar-refractivity contribution in [2.75, 3.05) is 10.7 Å². The Bertz CT molecular complexity index is 429. The maximum absolute atomic E-state index is 14.1. The van der Waals surface area contributed by atoms with Crippen LogP contribution in [0.25, 0.3) is 0 Å². The molecule has 0 N–H and O–H groups in total. The quantitative estimate of drug-likeness (QED) is 0.354. The smallest absolute Gasteiger partial charge is 0.143 e. The van der Waals surface area contributed by atoms with Gasteiger partial charge in [-0.15, -0.1) is 0 Å². The Morgan fingerprint density at radius 2 is 1.74 bits per heavy atom. The number of hydrogen-bond donors (Lipinski definition) is 0. The van der Waals surface area contributed by atoms with Crippen LogP contribution in [0.3, 0.4) is 0 Å². The molecule has 0 aliphatic carbocycles. The number of hydrogen-bond acceptors (Lipinski definition) is 0. The Labute approximate surface area is 138 Å². The maximum atomic E-state index is 14.1. The van der Waals surface area contributed by atoms with Gasteiger partial charge in [0.25, 0.3) is 0 Å². The molecular formula is C14H17Br3F2. The summed E-state index contributed by atoms with van der Waals surface area (Å²) in [5.41, 5.74) is -0.0228. The van der Waals surface area contributed by atoms with E-state index < -0.39 is 11.6 Å². The van der Waals surface area contributed by atoms with Gasteiger partial charge in [-0.1, -0.05) is 45.7 Å². The minimum absolute atomic E-state index is 0.161. The van der Waals surface area contributed by atoms with Gasteiger partial charge in [-0.3, -0.25) is 0 Å². The molecule has 0 aliphatic heterocycles. The first kappa shape index (κ1) is 17.6. The molecule has 0 radical (unpaired) electrons. The van der Waals surface area contributed by atoms with Crippen LogP contribution in [-0.2, 0) is 6.42 Å². The van der Waals surface area contributed by atoms with Gasteiger partial charge >= 0.3 is 0 Å². The molecule has 0 unspecified atom stereocenters. The second-order valence-corrected chi connectivity index (χ2v) is 7.34. The van der Waals surface area contributed by atoms with E-state index in [0.29, 0.717) is 27.5 Å². The summed E-state index contributed by atoms with van der Waals surface area (Å²) in [5.74, 6) is -0.501. The number of rotatable bonds is 6. The van der Waals surface area contributed by atoms with E-state index in [1.807, 2.05) is 0 Å². The Balaban J connectivity index is 3.13. The SMILES string of the molecule is CC(C)CC(CBr)(CBr)Cc1c(F)ccc(Br)c1F. The van der Waals surface area contributed by atoms with E-state index in [0.717, 1.165) is 6.42 Å². The highest BCUT2D eigenvalue weighted by atomic mass is 79.9. The Morgan fingerprint density at radius 3 is 2.21 bits per heavy atom. The van der Waals surface area contributed by atoms with E-state index >= 15 is 0 Å². The third-order valence-corrected chi connectivity index (χ3v) is 6.09. The fourth-order valence-electron chi connectivity index (χ4n) is 2.28. The first-order valence-electron chi connectivity index (χ1n) is 6.09. The third kappa shape index (κ3) is 4.50. The van der Waals surface area contributed by atoms with E-state index in [-0.39, 0.29) is 11.0 Å². The van der Waals surface area contributed by atoms with E-state index in [1.54, 1.807) is 0 Å². The molecule has 0 heterocycles. The van der Waals surface area contributed by atoms with Gasteiger partial charge in [-0.2, -0.15) is 0 Å². The van der Waals surface area contributed by atoms with Gasteiger partial charge in [0.2, 0.25) is 0 Å². The molecule has 1 aromatic carbocycles. The third-order valence-electron chi connectivity index (χ3n) is 3.10. The van der Waals surface area contributed by atoms with Gasteiger partial charge in [-0.25, -0.2) is 8.78 Å². The lowest BCUT2D eigenvalue weighted by Crippen LogP contribution is -2.30. The molecule has 108 valence electrons. The second kappa shape index (κ2) is 7.51. The van der Waals surface area contributed by atoms with Crippen LogP contribution in [0.2, 0.25) is 0 Å². The van der Waals surface area contributed by atoms with Crippen molar-refractivity contribution in [1.29, 1.82) is 0 Å². The first-order chi connectivity index (χ1) is 8.85. The van der Waals surface area contributed by atoms with Crippen molar-refractivity contribution in [3.05, 3.63) is 33.8 Å². The largest absolute Gasteiger partial charge is 0.207 e. The Morgan fingerprint density at radius 1 is 1.16 bits per heavy atom. The van der Waals surface area contributed by atoms with Crippen molar-refractivity contribution in [1.82, 2.24) is 0 Å². The van der Waals surface area contributed by atoms with E-state index in [9.17, 15) is 8.78 Å². The summed E-state index contributed by atoms with van der Waals surface area (Å²) in [5, 5.41) is 1.41. The molecule has 0 saturated carbocycles. The predicted octanol–water partition coefficient (Wildman–Crippen LogP) is 6.09. The van der Waals surface area contributed by atoms with Crippen molar-refractivity contribution in [3.8, 4) is 0 Å².